The molecule has 1 amide bonds. The van der Waals surface area contributed by atoms with Crippen molar-refractivity contribution in [2.45, 2.75) is 6.42 Å². The highest BCUT2D eigenvalue weighted by Crippen LogP contribution is 2.12. The van der Waals surface area contributed by atoms with E-state index in [9.17, 15) is 18.8 Å². The predicted octanol–water partition coefficient (Wildman–Crippen LogP) is 0.625. The zero-order valence-corrected chi connectivity index (χ0v) is 11.1. The first-order valence-corrected chi connectivity index (χ1v) is 6.09. The molecular weight excluding hydrogens is 283 g/mol. The number of nitrogens with zero attached hydrogens (tertiary/aromatic N) is 1. The summed E-state index contributed by atoms with van der Waals surface area (Å²) in [5.74, 6) is -3.49. The fourth-order valence-electron chi connectivity index (χ4n) is 1.63. The van der Waals surface area contributed by atoms with Crippen LogP contribution in [0, 0.1) is 5.82 Å². The molecule has 0 radical (unpaired) electrons. The number of amides is 1. The first-order chi connectivity index (χ1) is 9.88. The second kappa shape index (κ2) is 7.95. The highest BCUT2D eigenvalue weighted by Gasteiger charge is 2.15. The van der Waals surface area contributed by atoms with Crippen LogP contribution < -0.4 is 5.32 Å². The number of nitrogens with one attached hydrogen (secondary N) is 1. The Labute approximate surface area is 120 Å². The van der Waals surface area contributed by atoms with Gasteiger partial charge in [-0.2, -0.15) is 0 Å². The monoisotopic (exact) mass is 298 g/mol. The van der Waals surface area contributed by atoms with E-state index in [0.717, 1.165) is 4.90 Å². The van der Waals surface area contributed by atoms with E-state index < -0.39 is 36.8 Å². The Hall–Kier alpha value is -2.48. The van der Waals surface area contributed by atoms with Gasteiger partial charge in [0, 0.05) is 13.0 Å². The number of benzene rings is 1. The third kappa shape index (κ3) is 6.48. The van der Waals surface area contributed by atoms with Gasteiger partial charge in [0.05, 0.1) is 18.8 Å². The summed E-state index contributed by atoms with van der Waals surface area (Å²) in [5.41, 5.74) is 0.0190. The Morgan fingerprint density at radius 3 is 2.19 bits per heavy atom. The quantitative estimate of drug-likeness (QED) is 0.649. The molecule has 8 heteroatoms. The number of carbonyl (C=O) groups is 3. The number of para-hydroxylation sites is 1. The zero-order chi connectivity index (χ0) is 15.8. The van der Waals surface area contributed by atoms with Crippen molar-refractivity contribution in [2.24, 2.45) is 0 Å². The highest BCUT2D eigenvalue weighted by atomic mass is 19.1. The van der Waals surface area contributed by atoms with Gasteiger partial charge in [-0.1, -0.05) is 12.1 Å². The Kier molecular flexibility index (Phi) is 6.28. The fraction of sp³-hybridized carbons (Fsp3) is 0.308. The third-order valence-corrected chi connectivity index (χ3v) is 2.52. The van der Waals surface area contributed by atoms with Gasteiger partial charge in [0.15, 0.2) is 0 Å². The summed E-state index contributed by atoms with van der Waals surface area (Å²) in [6.07, 6.45) is -0.144. The van der Waals surface area contributed by atoms with Crippen LogP contribution in [0.4, 0.5) is 10.1 Å². The second-order valence-corrected chi connectivity index (χ2v) is 4.28. The van der Waals surface area contributed by atoms with E-state index in [1.807, 2.05) is 0 Å². The zero-order valence-electron chi connectivity index (χ0n) is 11.1. The van der Waals surface area contributed by atoms with Gasteiger partial charge in [-0.3, -0.25) is 19.3 Å². The van der Waals surface area contributed by atoms with Crippen molar-refractivity contribution in [1.29, 1.82) is 0 Å². The van der Waals surface area contributed by atoms with Crippen molar-refractivity contribution in [3.8, 4) is 0 Å². The minimum Gasteiger partial charge on any atom is -0.480 e. The maximum absolute atomic E-state index is 13.3. The minimum absolute atomic E-state index is 0.0190. The van der Waals surface area contributed by atoms with Gasteiger partial charge in [0.25, 0.3) is 0 Å². The Morgan fingerprint density at radius 2 is 1.67 bits per heavy atom. The molecule has 0 aliphatic carbocycles. The molecule has 0 aliphatic heterocycles. The Morgan fingerprint density at radius 1 is 1.10 bits per heavy atom. The van der Waals surface area contributed by atoms with Gasteiger partial charge in [-0.15, -0.1) is 0 Å². The first-order valence-electron chi connectivity index (χ1n) is 6.09. The molecule has 0 fully saturated rings. The first kappa shape index (κ1) is 16.6. The molecule has 0 spiro atoms. The number of aliphatic carboxylic acids is 2. The molecule has 0 heterocycles. The number of carbonyl (C=O) groups excluding carboxylic acids is 1. The average molecular weight is 298 g/mol. The maximum Gasteiger partial charge on any atom is 0.317 e. The number of hydrogen-bond acceptors (Lipinski definition) is 4. The van der Waals surface area contributed by atoms with E-state index in [2.05, 4.69) is 5.32 Å². The van der Waals surface area contributed by atoms with Crippen LogP contribution in [-0.2, 0) is 14.4 Å². The van der Waals surface area contributed by atoms with Gasteiger partial charge in [0.2, 0.25) is 5.91 Å². The molecule has 0 bridgehead atoms. The van der Waals surface area contributed by atoms with Crippen LogP contribution in [0.1, 0.15) is 6.42 Å². The topological polar surface area (TPSA) is 107 Å². The van der Waals surface area contributed by atoms with Gasteiger partial charge < -0.3 is 15.5 Å². The molecule has 3 N–H and O–H groups in total. The second-order valence-electron chi connectivity index (χ2n) is 4.28. The van der Waals surface area contributed by atoms with Crippen LogP contribution >= 0.6 is 0 Å². The maximum atomic E-state index is 13.3. The van der Waals surface area contributed by atoms with E-state index in [-0.39, 0.29) is 18.7 Å². The molecular formula is C13H15FN2O5. The Balaban J connectivity index is 2.51. The number of halogens is 1. The summed E-state index contributed by atoms with van der Waals surface area (Å²) < 4.78 is 13.3. The van der Waals surface area contributed by atoms with E-state index >= 15 is 0 Å². The van der Waals surface area contributed by atoms with Crippen LogP contribution in [0.15, 0.2) is 24.3 Å². The Bertz CT molecular complexity index is 519. The van der Waals surface area contributed by atoms with E-state index in [0.29, 0.717) is 0 Å². The van der Waals surface area contributed by atoms with Crippen molar-refractivity contribution in [1.82, 2.24) is 4.90 Å². The molecule has 1 rings (SSSR count). The summed E-state index contributed by atoms with van der Waals surface area (Å²) in [6, 6.07) is 5.61. The van der Waals surface area contributed by atoms with Crippen LogP contribution in [0.2, 0.25) is 0 Å². The summed E-state index contributed by atoms with van der Waals surface area (Å²) in [5, 5.41) is 19.6. The van der Waals surface area contributed by atoms with Crippen molar-refractivity contribution in [3.63, 3.8) is 0 Å². The molecule has 0 atom stereocenters. The largest absolute Gasteiger partial charge is 0.480 e. The molecule has 0 aromatic heterocycles. The highest BCUT2D eigenvalue weighted by molar-refractivity contribution is 5.91. The van der Waals surface area contributed by atoms with E-state index in [4.69, 9.17) is 10.2 Å². The standard InChI is InChI=1S/C13H15FN2O5/c14-9-3-1-2-4-10(9)15-11(17)5-6-16(7-12(18)19)8-13(20)21/h1-4H,5-8H2,(H,15,17)(H,18,19)(H,20,21). The van der Waals surface area contributed by atoms with Gasteiger partial charge in [-0.25, -0.2) is 4.39 Å². The van der Waals surface area contributed by atoms with Crippen molar-refractivity contribution in [3.05, 3.63) is 30.1 Å². The number of anilines is 1. The van der Waals surface area contributed by atoms with Crippen molar-refractivity contribution >= 4 is 23.5 Å². The molecule has 1 aromatic rings. The molecule has 21 heavy (non-hydrogen) atoms. The van der Waals surface area contributed by atoms with Crippen LogP contribution in [0.5, 0.6) is 0 Å². The smallest absolute Gasteiger partial charge is 0.317 e. The lowest BCUT2D eigenvalue weighted by Crippen LogP contribution is -2.36. The molecule has 0 saturated heterocycles. The van der Waals surface area contributed by atoms with E-state index in [1.54, 1.807) is 6.07 Å². The number of rotatable bonds is 8. The predicted molar refractivity (Wildman–Crippen MR) is 71.4 cm³/mol. The van der Waals surface area contributed by atoms with Crippen LogP contribution in [-0.4, -0.2) is 52.6 Å². The SMILES string of the molecule is O=C(O)CN(CCC(=O)Nc1ccccc1F)CC(=O)O. The van der Waals surface area contributed by atoms with Gasteiger partial charge in [0.1, 0.15) is 5.82 Å². The van der Waals surface area contributed by atoms with E-state index in [1.165, 1.54) is 18.2 Å². The lowest BCUT2D eigenvalue weighted by Gasteiger charge is -2.17. The average Bonchev–Trinajstić information content (AvgIpc) is 2.37. The molecule has 0 aliphatic rings. The lowest BCUT2D eigenvalue weighted by atomic mass is 10.3. The van der Waals surface area contributed by atoms with Crippen molar-refractivity contribution in [2.75, 3.05) is 25.0 Å². The number of carboxylic acid groups (broad SMARTS) is 2. The molecule has 0 unspecified atom stereocenters. The van der Waals surface area contributed by atoms with Gasteiger partial charge >= 0.3 is 11.9 Å². The molecule has 0 saturated carbocycles. The molecule has 1 aromatic carbocycles. The molecule has 7 nitrogen and oxygen atoms in total. The normalized spacial score (nSPS) is 10.4. The lowest BCUT2D eigenvalue weighted by molar-refractivity contribution is -0.142. The third-order valence-electron chi connectivity index (χ3n) is 2.52. The fourth-order valence-corrected chi connectivity index (χ4v) is 1.63. The summed E-state index contributed by atoms with van der Waals surface area (Å²) in [7, 11) is 0. The summed E-state index contributed by atoms with van der Waals surface area (Å²) in [6.45, 7) is -1.03. The molecule has 114 valence electrons. The van der Waals surface area contributed by atoms with Crippen molar-refractivity contribution < 1.29 is 29.0 Å². The summed E-state index contributed by atoms with van der Waals surface area (Å²) >= 11 is 0. The van der Waals surface area contributed by atoms with Gasteiger partial charge in [-0.05, 0) is 12.1 Å². The number of hydrogen-bond donors (Lipinski definition) is 3. The van der Waals surface area contributed by atoms with Crippen LogP contribution in [0.25, 0.3) is 0 Å². The minimum atomic E-state index is -1.19. The van der Waals surface area contributed by atoms with Crippen LogP contribution in [0.3, 0.4) is 0 Å². The summed E-state index contributed by atoms with van der Waals surface area (Å²) in [4.78, 5) is 33.9. The number of carboxylic acids is 2.